The normalized spacial score (nSPS) is 10.3. The number of nitrogens with zero attached hydrogens (tertiary/aromatic N) is 2. The molecule has 0 aliphatic heterocycles. The molecule has 0 aliphatic rings. The van der Waals surface area contributed by atoms with Gasteiger partial charge in [0.2, 0.25) is 5.91 Å². The Morgan fingerprint density at radius 3 is 2.22 bits per heavy atom. The first-order valence-electron chi connectivity index (χ1n) is 7.16. The summed E-state index contributed by atoms with van der Waals surface area (Å²) < 4.78 is 0. The van der Waals surface area contributed by atoms with E-state index in [-0.39, 0.29) is 11.7 Å². The topological polar surface area (TPSA) is 54.9 Å². The van der Waals surface area contributed by atoms with Crippen LogP contribution in [0, 0.1) is 0 Å². The summed E-state index contributed by atoms with van der Waals surface area (Å²) in [5, 5.41) is 3.47. The lowest BCUT2D eigenvalue weighted by molar-refractivity contribution is -0.113. The van der Waals surface area contributed by atoms with Crippen molar-refractivity contribution in [3.8, 4) is 11.1 Å². The monoisotopic (exact) mass is 321 g/mol. The fraction of sp³-hybridized carbons (Fsp3) is 0.0556. The van der Waals surface area contributed by atoms with Gasteiger partial charge in [-0.25, -0.2) is 9.97 Å². The van der Waals surface area contributed by atoms with Crippen molar-refractivity contribution in [2.75, 3.05) is 11.1 Å². The SMILES string of the molecule is O=C(CSc1ncccn1)Nc1ccc(-c2ccccc2)cc1. The summed E-state index contributed by atoms with van der Waals surface area (Å²) >= 11 is 1.31. The van der Waals surface area contributed by atoms with E-state index in [1.54, 1.807) is 18.5 Å². The molecule has 3 rings (SSSR count). The molecule has 3 aromatic rings. The highest BCUT2D eigenvalue weighted by atomic mass is 32.2. The van der Waals surface area contributed by atoms with Crippen molar-refractivity contribution in [3.63, 3.8) is 0 Å². The van der Waals surface area contributed by atoms with Crippen molar-refractivity contribution in [2.24, 2.45) is 0 Å². The Morgan fingerprint density at radius 1 is 0.870 bits per heavy atom. The van der Waals surface area contributed by atoms with Crippen molar-refractivity contribution >= 4 is 23.4 Å². The molecular formula is C18H15N3OS. The summed E-state index contributed by atoms with van der Waals surface area (Å²) in [6.45, 7) is 0. The van der Waals surface area contributed by atoms with Crippen LogP contribution in [0.4, 0.5) is 5.69 Å². The molecule has 114 valence electrons. The predicted octanol–water partition coefficient (Wildman–Crippen LogP) is 3.87. The van der Waals surface area contributed by atoms with Crippen LogP contribution in [0.1, 0.15) is 0 Å². The molecule has 4 nitrogen and oxygen atoms in total. The number of hydrogen-bond acceptors (Lipinski definition) is 4. The highest BCUT2D eigenvalue weighted by Gasteiger charge is 2.05. The third kappa shape index (κ3) is 4.40. The lowest BCUT2D eigenvalue weighted by Crippen LogP contribution is -2.14. The first-order valence-corrected chi connectivity index (χ1v) is 8.15. The second kappa shape index (κ2) is 7.56. The average molecular weight is 321 g/mol. The third-order valence-corrected chi connectivity index (χ3v) is 4.03. The zero-order valence-corrected chi connectivity index (χ0v) is 13.2. The summed E-state index contributed by atoms with van der Waals surface area (Å²) in [6.07, 6.45) is 3.32. The van der Waals surface area contributed by atoms with Crippen LogP contribution in [0.25, 0.3) is 11.1 Å². The molecule has 0 saturated heterocycles. The number of aromatic nitrogens is 2. The zero-order valence-electron chi connectivity index (χ0n) is 12.3. The Morgan fingerprint density at radius 2 is 1.52 bits per heavy atom. The van der Waals surface area contributed by atoms with Gasteiger partial charge in [-0.3, -0.25) is 4.79 Å². The van der Waals surface area contributed by atoms with Gasteiger partial charge in [0, 0.05) is 18.1 Å². The molecule has 1 heterocycles. The maximum Gasteiger partial charge on any atom is 0.234 e. The highest BCUT2D eigenvalue weighted by molar-refractivity contribution is 7.99. The van der Waals surface area contributed by atoms with Gasteiger partial charge >= 0.3 is 0 Å². The van der Waals surface area contributed by atoms with Crippen LogP contribution in [-0.2, 0) is 4.79 Å². The van der Waals surface area contributed by atoms with E-state index in [0.717, 1.165) is 16.8 Å². The molecular weight excluding hydrogens is 306 g/mol. The summed E-state index contributed by atoms with van der Waals surface area (Å²) in [5.41, 5.74) is 3.06. The third-order valence-electron chi connectivity index (χ3n) is 3.15. The lowest BCUT2D eigenvalue weighted by atomic mass is 10.1. The van der Waals surface area contributed by atoms with Crippen LogP contribution >= 0.6 is 11.8 Å². The minimum absolute atomic E-state index is 0.0742. The molecule has 1 aromatic heterocycles. The molecule has 1 N–H and O–H groups in total. The van der Waals surface area contributed by atoms with Crippen LogP contribution in [0.2, 0.25) is 0 Å². The van der Waals surface area contributed by atoms with Crippen LogP contribution in [0.3, 0.4) is 0 Å². The predicted molar refractivity (Wildman–Crippen MR) is 93.3 cm³/mol. The molecule has 0 unspecified atom stereocenters. The smallest absolute Gasteiger partial charge is 0.234 e. The lowest BCUT2D eigenvalue weighted by Gasteiger charge is -2.06. The van der Waals surface area contributed by atoms with Gasteiger partial charge in [0.15, 0.2) is 5.16 Å². The van der Waals surface area contributed by atoms with Gasteiger partial charge in [-0.05, 0) is 29.3 Å². The largest absolute Gasteiger partial charge is 0.325 e. The Balaban J connectivity index is 1.57. The van der Waals surface area contributed by atoms with E-state index in [0.29, 0.717) is 5.16 Å². The average Bonchev–Trinajstić information content (AvgIpc) is 2.62. The van der Waals surface area contributed by atoms with E-state index in [4.69, 9.17) is 0 Å². The minimum atomic E-state index is -0.0742. The van der Waals surface area contributed by atoms with Gasteiger partial charge < -0.3 is 5.32 Å². The molecule has 0 spiro atoms. The number of carbonyl (C=O) groups excluding carboxylic acids is 1. The number of carbonyl (C=O) groups is 1. The standard InChI is InChI=1S/C18H15N3OS/c22-17(13-23-18-19-11-4-12-20-18)21-16-9-7-15(8-10-16)14-5-2-1-3-6-14/h1-12H,13H2,(H,21,22). The number of thioether (sulfide) groups is 1. The molecule has 0 fully saturated rings. The van der Waals surface area contributed by atoms with E-state index >= 15 is 0 Å². The van der Waals surface area contributed by atoms with Gasteiger partial charge in [0.05, 0.1) is 5.75 Å². The first kappa shape index (κ1) is 15.2. The van der Waals surface area contributed by atoms with Gasteiger partial charge in [-0.15, -0.1) is 0 Å². The van der Waals surface area contributed by atoms with Crippen molar-refractivity contribution in [3.05, 3.63) is 73.1 Å². The maximum atomic E-state index is 12.0. The number of benzene rings is 2. The number of nitrogens with one attached hydrogen (secondary N) is 1. The second-order valence-corrected chi connectivity index (χ2v) is 5.75. The first-order chi connectivity index (χ1) is 11.3. The zero-order chi connectivity index (χ0) is 15.9. The van der Waals surface area contributed by atoms with E-state index < -0.39 is 0 Å². The maximum absolute atomic E-state index is 12.0. The van der Waals surface area contributed by atoms with Crippen molar-refractivity contribution < 1.29 is 4.79 Å². The van der Waals surface area contributed by atoms with Gasteiger partial charge in [0.1, 0.15) is 0 Å². The molecule has 0 saturated carbocycles. The summed E-state index contributed by atoms with van der Waals surface area (Å²) in [6, 6.07) is 19.7. The Bertz CT molecular complexity index is 761. The van der Waals surface area contributed by atoms with E-state index in [9.17, 15) is 4.79 Å². The minimum Gasteiger partial charge on any atom is -0.325 e. The second-order valence-electron chi connectivity index (χ2n) is 4.81. The number of rotatable bonds is 5. The highest BCUT2D eigenvalue weighted by Crippen LogP contribution is 2.21. The molecule has 2 aromatic carbocycles. The number of anilines is 1. The van der Waals surface area contributed by atoms with E-state index in [1.165, 1.54) is 11.8 Å². The van der Waals surface area contributed by atoms with Crippen LogP contribution in [0.5, 0.6) is 0 Å². The Hall–Kier alpha value is -2.66. The molecule has 0 aliphatic carbocycles. The molecule has 5 heteroatoms. The summed E-state index contributed by atoms with van der Waals surface area (Å²) in [5.74, 6) is 0.208. The van der Waals surface area contributed by atoms with E-state index in [2.05, 4.69) is 27.4 Å². The molecule has 0 radical (unpaired) electrons. The van der Waals surface area contributed by atoms with Gasteiger partial charge in [0.25, 0.3) is 0 Å². The molecule has 0 atom stereocenters. The van der Waals surface area contributed by atoms with Crippen molar-refractivity contribution in [1.29, 1.82) is 0 Å². The Kier molecular flexibility index (Phi) is 5.01. The molecule has 0 bridgehead atoms. The van der Waals surface area contributed by atoms with Crippen molar-refractivity contribution in [2.45, 2.75) is 5.16 Å². The van der Waals surface area contributed by atoms with Gasteiger partial charge in [-0.1, -0.05) is 54.2 Å². The number of amides is 1. The molecule has 23 heavy (non-hydrogen) atoms. The van der Waals surface area contributed by atoms with Gasteiger partial charge in [-0.2, -0.15) is 0 Å². The van der Waals surface area contributed by atoms with Crippen molar-refractivity contribution in [1.82, 2.24) is 9.97 Å². The molecule has 1 amide bonds. The van der Waals surface area contributed by atoms with E-state index in [1.807, 2.05) is 42.5 Å². The van der Waals surface area contributed by atoms with Crippen LogP contribution < -0.4 is 5.32 Å². The Labute approximate surface area is 139 Å². The van der Waals surface area contributed by atoms with Crippen LogP contribution in [-0.4, -0.2) is 21.6 Å². The van der Waals surface area contributed by atoms with Crippen LogP contribution in [0.15, 0.2) is 78.2 Å². The fourth-order valence-corrected chi connectivity index (χ4v) is 2.67. The number of hydrogen-bond donors (Lipinski definition) is 1. The summed E-state index contributed by atoms with van der Waals surface area (Å²) in [4.78, 5) is 20.1. The quantitative estimate of drug-likeness (QED) is 0.572. The summed E-state index contributed by atoms with van der Waals surface area (Å²) in [7, 11) is 0. The fourth-order valence-electron chi connectivity index (χ4n) is 2.06.